The SMILES string of the molecule is CC1(C)CCC(Nc2nc(N)nc(Cl)n2)C1. The van der Waals surface area contributed by atoms with Crippen LogP contribution in [0.2, 0.25) is 5.28 Å². The molecule has 0 amide bonds. The van der Waals surface area contributed by atoms with Crippen LogP contribution in [-0.2, 0) is 0 Å². The molecule has 1 aromatic heterocycles. The van der Waals surface area contributed by atoms with Crippen molar-refractivity contribution in [3.05, 3.63) is 5.28 Å². The van der Waals surface area contributed by atoms with Gasteiger partial charge in [-0.1, -0.05) is 13.8 Å². The molecule has 1 fully saturated rings. The van der Waals surface area contributed by atoms with E-state index in [1.165, 1.54) is 6.42 Å². The summed E-state index contributed by atoms with van der Waals surface area (Å²) >= 11 is 5.71. The second-order valence-electron chi connectivity index (χ2n) is 5.03. The molecule has 1 unspecified atom stereocenters. The van der Waals surface area contributed by atoms with Gasteiger partial charge in [-0.2, -0.15) is 15.0 Å². The number of aromatic nitrogens is 3. The molecule has 0 aliphatic heterocycles. The summed E-state index contributed by atoms with van der Waals surface area (Å²) in [6.07, 6.45) is 3.44. The third kappa shape index (κ3) is 2.72. The van der Waals surface area contributed by atoms with E-state index in [-0.39, 0.29) is 11.2 Å². The summed E-state index contributed by atoms with van der Waals surface area (Å²) in [6.45, 7) is 4.53. The zero-order chi connectivity index (χ0) is 11.8. The van der Waals surface area contributed by atoms with Gasteiger partial charge in [-0.15, -0.1) is 0 Å². The second kappa shape index (κ2) is 4.05. The molecule has 1 aromatic rings. The molecule has 6 heteroatoms. The number of anilines is 2. The minimum Gasteiger partial charge on any atom is -0.368 e. The number of halogens is 1. The summed E-state index contributed by atoms with van der Waals surface area (Å²) in [7, 11) is 0. The molecule has 1 aliphatic rings. The molecule has 5 nitrogen and oxygen atoms in total. The lowest BCUT2D eigenvalue weighted by molar-refractivity contribution is 0.378. The predicted octanol–water partition coefficient (Wildman–Crippen LogP) is 2.10. The summed E-state index contributed by atoms with van der Waals surface area (Å²) in [5.74, 6) is 0.625. The van der Waals surface area contributed by atoms with Crippen LogP contribution in [0, 0.1) is 5.41 Å². The highest BCUT2D eigenvalue weighted by Gasteiger charge is 2.31. The molecule has 0 aromatic carbocycles. The van der Waals surface area contributed by atoms with Crippen LogP contribution in [0.5, 0.6) is 0 Å². The maximum Gasteiger partial charge on any atom is 0.229 e. The summed E-state index contributed by atoms with van der Waals surface area (Å²) in [5, 5.41) is 3.38. The van der Waals surface area contributed by atoms with E-state index in [0.29, 0.717) is 17.4 Å². The van der Waals surface area contributed by atoms with Crippen molar-refractivity contribution in [2.45, 2.75) is 39.2 Å². The third-order valence-electron chi connectivity index (χ3n) is 2.93. The van der Waals surface area contributed by atoms with E-state index in [0.717, 1.165) is 12.8 Å². The molecule has 0 radical (unpaired) electrons. The molecule has 1 atom stereocenters. The van der Waals surface area contributed by atoms with Crippen LogP contribution < -0.4 is 11.1 Å². The van der Waals surface area contributed by atoms with Gasteiger partial charge < -0.3 is 11.1 Å². The maximum absolute atomic E-state index is 5.71. The Bertz CT molecular complexity index is 373. The van der Waals surface area contributed by atoms with Crippen LogP contribution >= 0.6 is 11.6 Å². The number of rotatable bonds is 2. The Morgan fingerprint density at radius 1 is 1.38 bits per heavy atom. The molecule has 0 spiro atoms. The van der Waals surface area contributed by atoms with Crippen LogP contribution in [0.25, 0.3) is 0 Å². The van der Waals surface area contributed by atoms with Gasteiger partial charge in [-0.05, 0) is 36.3 Å². The zero-order valence-electron chi connectivity index (χ0n) is 9.50. The van der Waals surface area contributed by atoms with Crippen molar-refractivity contribution in [2.24, 2.45) is 5.41 Å². The van der Waals surface area contributed by atoms with E-state index in [4.69, 9.17) is 17.3 Å². The van der Waals surface area contributed by atoms with Crippen molar-refractivity contribution in [3.63, 3.8) is 0 Å². The number of nitrogens with two attached hydrogens (primary N) is 1. The Balaban J connectivity index is 2.05. The fraction of sp³-hybridized carbons (Fsp3) is 0.700. The third-order valence-corrected chi connectivity index (χ3v) is 3.10. The minimum absolute atomic E-state index is 0.132. The normalized spacial score (nSPS) is 23.3. The highest BCUT2D eigenvalue weighted by molar-refractivity contribution is 6.28. The average molecular weight is 242 g/mol. The van der Waals surface area contributed by atoms with Crippen LogP contribution in [-0.4, -0.2) is 21.0 Å². The summed E-state index contributed by atoms with van der Waals surface area (Å²) in [5.41, 5.74) is 5.89. The minimum atomic E-state index is 0.132. The Kier molecular flexibility index (Phi) is 2.88. The molecule has 2 rings (SSSR count). The first kappa shape index (κ1) is 11.4. The van der Waals surface area contributed by atoms with Crippen LogP contribution in [0.3, 0.4) is 0 Å². The summed E-state index contributed by atoms with van der Waals surface area (Å²) in [6, 6.07) is 0.396. The molecule has 3 N–H and O–H groups in total. The van der Waals surface area contributed by atoms with Gasteiger partial charge in [0.05, 0.1) is 0 Å². The lowest BCUT2D eigenvalue weighted by Crippen LogP contribution is -2.19. The van der Waals surface area contributed by atoms with Crippen molar-refractivity contribution in [2.75, 3.05) is 11.1 Å². The molecule has 1 saturated carbocycles. The van der Waals surface area contributed by atoms with Crippen LogP contribution in [0.4, 0.5) is 11.9 Å². The number of nitrogen functional groups attached to an aromatic ring is 1. The van der Waals surface area contributed by atoms with E-state index in [9.17, 15) is 0 Å². The van der Waals surface area contributed by atoms with Gasteiger partial charge in [0.15, 0.2) is 0 Å². The van der Waals surface area contributed by atoms with Gasteiger partial charge >= 0.3 is 0 Å². The molecular formula is C10H16ClN5. The van der Waals surface area contributed by atoms with Crippen molar-refractivity contribution < 1.29 is 0 Å². The highest BCUT2D eigenvalue weighted by atomic mass is 35.5. The van der Waals surface area contributed by atoms with Gasteiger partial charge in [0, 0.05) is 6.04 Å². The monoisotopic (exact) mass is 241 g/mol. The standard InChI is InChI=1S/C10H16ClN5/c1-10(2)4-3-6(5-10)13-9-15-7(11)14-8(12)16-9/h6H,3-5H2,1-2H3,(H3,12,13,14,15,16). The van der Waals surface area contributed by atoms with Gasteiger partial charge in [-0.25, -0.2) is 0 Å². The van der Waals surface area contributed by atoms with Crippen LogP contribution in [0.15, 0.2) is 0 Å². The quantitative estimate of drug-likeness (QED) is 0.829. The van der Waals surface area contributed by atoms with E-state index in [1.807, 2.05) is 0 Å². The smallest absolute Gasteiger partial charge is 0.229 e. The first-order chi connectivity index (χ1) is 7.44. The first-order valence-electron chi connectivity index (χ1n) is 5.38. The Morgan fingerprint density at radius 2 is 2.12 bits per heavy atom. The Hall–Kier alpha value is -1.10. The lowest BCUT2D eigenvalue weighted by atomic mass is 9.92. The zero-order valence-corrected chi connectivity index (χ0v) is 10.3. The molecular weight excluding hydrogens is 226 g/mol. The lowest BCUT2D eigenvalue weighted by Gasteiger charge is -2.17. The van der Waals surface area contributed by atoms with E-state index in [1.54, 1.807) is 0 Å². The van der Waals surface area contributed by atoms with Gasteiger partial charge in [0.25, 0.3) is 0 Å². The van der Waals surface area contributed by atoms with Crippen molar-refractivity contribution in [1.82, 2.24) is 15.0 Å². The van der Waals surface area contributed by atoms with Crippen molar-refractivity contribution >= 4 is 23.5 Å². The molecule has 0 bridgehead atoms. The Morgan fingerprint density at radius 3 is 2.69 bits per heavy atom. The van der Waals surface area contributed by atoms with E-state index < -0.39 is 0 Å². The molecule has 16 heavy (non-hydrogen) atoms. The summed E-state index contributed by atoms with van der Waals surface area (Å²) < 4.78 is 0. The Labute approximate surface area is 99.8 Å². The van der Waals surface area contributed by atoms with Gasteiger partial charge in [-0.3, -0.25) is 0 Å². The second-order valence-corrected chi connectivity index (χ2v) is 5.37. The fourth-order valence-electron chi connectivity index (χ4n) is 2.17. The first-order valence-corrected chi connectivity index (χ1v) is 5.76. The van der Waals surface area contributed by atoms with E-state index >= 15 is 0 Å². The van der Waals surface area contributed by atoms with Gasteiger partial charge in [0.2, 0.25) is 17.2 Å². The molecule has 1 aliphatic carbocycles. The van der Waals surface area contributed by atoms with Crippen molar-refractivity contribution in [1.29, 1.82) is 0 Å². The largest absolute Gasteiger partial charge is 0.368 e. The molecule has 1 heterocycles. The highest BCUT2D eigenvalue weighted by Crippen LogP contribution is 2.37. The topological polar surface area (TPSA) is 76.7 Å². The fourth-order valence-corrected chi connectivity index (χ4v) is 2.34. The molecule has 0 saturated heterocycles. The summed E-state index contributed by atoms with van der Waals surface area (Å²) in [4.78, 5) is 11.7. The number of hydrogen-bond donors (Lipinski definition) is 2. The average Bonchev–Trinajstić information content (AvgIpc) is 2.43. The number of nitrogens with zero attached hydrogens (tertiary/aromatic N) is 3. The predicted molar refractivity (Wildman–Crippen MR) is 64.3 cm³/mol. The van der Waals surface area contributed by atoms with Crippen molar-refractivity contribution in [3.8, 4) is 0 Å². The molecule has 88 valence electrons. The number of hydrogen-bond acceptors (Lipinski definition) is 5. The van der Waals surface area contributed by atoms with E-state index in [2.05, 4.69) is 34.1 Å². The van der Waals surface area contributed by atoms with Crippen LogP contribution in [0.1, 0.15) is 33.1 Å². The van der Waals surface area contributed by atoms with Gasteiger partial charge in [0.1, 0.15) is 0 Å². The maximum atomic E-state index is 5.71. The number of nitrogens with one attached hydrogen (secondary N) is 1.